The molecule has 0 radical (unpaired) electrons. The minimum Gasteiger partial charge on any atom is -0.331 e. The molecule has 1 aromatic carbocycles. The number of amides is 1. The average Bonchev–Trinajstić information content (AvgIpc) is 2.70. The summed E-state index contributed by atoms with van der Waals surface area (Å²) in [6.45, 7) is 4.06. The van der Waals surface area contributed by atoms with E-state index in [9.17, 15) is 4.79 Å². The van der Waals surface area contributed by atoms with E-state index in [1.165, 1.54) is 0 Å². The topological polar surface area (TPSA) is 60.7 Å². The summed E-state index contributed by atoms with van der Waals surface area (Å²) in [5.74, 6) is 0.152. The highest BCUT2D eigenvalue weighted by Crippen LogP contribution is 2.18. The zero-order valence-electron chi connectivity index (χ0n) is 10.5. The molecule has 4 nitrogen and oxygen atoms in total. The minimum atomic E-state index is 0.0745. The number of anilines is 1. The van der Waals surface area contributed by atoms with Gasteiger partial charge in [0.15, 0.2) is 4.77 Å². The Labute approximate surface area is 111 Å². The third kappa shape index (κ3) is 2.61. The third-order valence-electron chi connectivity index (χ3n) is 3.14. The van der Waals surface area contributed by atoms with Gasteiger partial charge in [0, 0.05) is 11.6 Å². The van der Waals surface area contributed by atoms with E-state index >= 15 is 0 Å². The van der Waals surface area contributed by atoms with Crippen molar-refractivity contribution in [3.8, 4) is 0 Å². The largest absolute Gasteiger partial charge is 0.331 e. The molecule has 0 aliphatic carbocycles. The molecule has 0 saturated heterocycles. The highest BCUT2D eigenvalue weighted by atomic mass is 32.1. The number of rotatable bonds is 4. The fraction of sp³-hybridized carbons (Fsp3) is 0.385. The maximum atomic E-state index is 12.0. The highest BCUT2D eigenvalue weighted by Gasteiger charge is 2.14. The van der Waals surface area contributed by atoms with Crippen molar-refractivity contribution in [3.05, 3.63) is 23.0 Å². The van der Waals surface area contributed by atoms with Crippen LogP contribution in [0, 0.1) is 10.7 Å². The molecule has 0 saturated carbocycles. The van der Waals surface area contributed by atoms with Crippen molar-refractivity contribution in [3.63, 3.8) is 0 Å². The first kappa shape index (κ1) is 12.8. The van der Waals surface area contributed by atoms with Crippen LogP contribution in [0.2, 0.25) is 0 Å². The monoisotopic (exact) mass is 263 g/mol. The molecule has 0 atom stereocenters. The molecule has 2 aromatic rings. The van der Waals surface area contributed by atoms with Crippen LogP contribution in [0.25, 0.3) is 11.0 Å². The van der Waals surface area contributed by atoms with Gasteiger partial charge < -0.3 is 15.3 Å². The smallest absolute Gasteiger partial charge is 0.227 e. The molecule has 0 unspecified atom stereocenters. The number of aromatic amines is 2. The molecule has 18 heavy (non-hydrogen) atoms. The van der Waals surface area contributed by atoms with E-state index in [4.69, 9.17) is 12.2 Å². The molecule has 0 fully saturated rings. The van der Waals surface area contributed by atoms with Crippen LogP contribution in [0.15, 0.2) is 18.2 Å². The zero-order chi connectivity index (χ0) is 13.1. The lowest BCUT2D eigenvalue weighted by molar-refractivity contribution is -0.120. The normalized spacial score (nSPS) is 11.1. The lowest BCUT2D eigenvalue weighted by Crippen LogP contribution is -2.21. The van der Waals surface area contributed by atoms with Crippen molar-refractivity contribution < 1.29 is 4.79 Å². The lowest BCUT2D eigenvalue weighted by atomic mass is 10.0. The summed E-state index contributed by atoms with van der Waals surface area (Å²) >= 11 is 5.02. The predicted molar refractivity (Wildman–Crippen MR) is 76.2 cm³/mol. The first-order chi connectivity index (χ1) is 8.63. The van der Waals surface area contributed by atoms with Gasteiger partial charge >= 0.3 is 0 Å². The fourth-order valence-corrected chi connectivity index (χ4v) is 2.23. The zero-order valence-corrected chi connectivity index (χ0v) is 11.4. The summed E-state index contributed by atoms with van der Waals surface area (Å²) < 4.78 is 0.591. The van der Waals surface area contributed by atoms with Gasteiger partial charge in [-0.15, -0.1) is 0 Å². The number of imidazole rings is 1. The van der Waals surface area contributed by atoms with Crippen LogP contribution in [-0.4, -0.2) is 15.9 Å². The second-order valence-corrected chi connectivity index (χ2v) is 4.75. The van der Waals surface area contributed by atoms with Crippen LogP contribution in [0.4, 0.5) is 5.69 Å². The number of nitrogens with one attached hydrogen (secondary N) is 3. The molecule has 0 bridgehead atoms. The van der Waals surface area contributed by atoms with Gasteiger partial charge in [-0.2, -0.15) is 0 Å². The molecular weight excluding hydrogens is 246 g/mol. The van der Waals surface area contributed by atoms with Crippen molar-refractivity contribution in [1.82, 2.24) is 9.97 Å². The van der Waals surface area contributed by atoms with Gasteiger partial charge in [0.25, 0.3) is 0 Å². The van der Waals surface area contributed by atoms with Gasteiger partial charge in [-0.05, 0) is 43.3 Å². The Hall–Kier alpha value is -1.62. The van der Waals surface area contributed by atoms with Gasteiger partial charge in [-0.3, -0.25) is 4.79 Å². The van der Waals surface area contributed by atoms with E-state index in [0.29, 0.717) is 4.77 Å². The fourth-order valence-electron chi connectivity index (χ4n) is 2.01. The van der Waals surface area contributed by atoms with Crippen molar-refractivity contribution in [2.24, 2.45) is 5.92 Å². The van der Waals surface area contributed by atoms with Gasteiger partial charge in [0.2, 0.25) is 5.91 Å². The molecule has 2 rings (SSSR count). The molecule has 1 amide bonds. The Kier molecular flexibility index (Phi) is 3.81. The molecule has 1 heterocycles. The maximum absolute atomic E-state index is 12.0. The molecule has 3 N–H and O–H groups in total. The molecule has 1 aromatic heterocycles. The number of carbonyl (C=O) groups is 1. The Morgan fingerprint density at radius 2 is 1.94 bits per heavy atom. The van der Waals surface area contributed by atoms with E-state index < -0.39 is 0 Å². The van der Waals surface area contributed by atoms with Crippen LogP contribution >= 0.6 is 12.2 Å². The number of fused-ring (bicyclic) bond motifs is 1. The lowest BCUT2D eigenvalue weighted by Gasteiger charge is -2.12. The first-order valence-corrected chi connectivity index (χ1v) is 6.57. The number of H-pyrrole nitrogens is 2. The van der Waals surface area contributed by atoms with E-state index in [1.54, 1.807) is 0 Å². The second-order valence-electron chi connectivity index (χ2n) is 4.34. The van der Waals surface area contributed by atoms with Crippen LogP contribution in [0.1, 0.15) is 26.7 Å². The van der Waals surface area contributed by atoms with E-state index in [0.717, 1.165) is 29.6 Å². The highest BCUT2D eigenvalue weighted by molar-refractivity contribution is 7.71. The third-order valence-corrected chi connectivity index (χ3v) is 3.34. The Balaban J connectivity index is 2.21. The molecular formula is C13H17N3OS. The van der Waals surface area contributed by atoms with Crippen LogP contribution in [0.5, 0.6) is 0 Å². The van der Waals surface area contributed by atoms with Crippen molar-refractivity contribution in [1.29, 1.82) is 0 Å². The molecule has 0 aliphatic heterocycles. The number of aromatic nitrogens is 2. The number of benzene rings is 1. The van der Waals surface area contributed by atoms with Gasteiger partial charge in [-0.25, -0.2) is 0 Å². The summed E-state index contributed by atoms with van der Waals surface area (Å²) in [6, 6.07) is 5.67. The Morgan fingerprint density at radius 3 is 2.61 bits per heavy atom. The summed E-state index contributed by atoms with van der Waals surface area (Å²) in [4.78, 5) is 18.0. The number of hydrogen-bond acceptors (Lipinski definition) is 2. The van der Waals surface area contributed by atoms with E-state index in [-0.39, 0.29) is 11.8 Å². The number of carbonyl (C=O) groups excluding carboxylic acids is 1. The van der Waals surface area contributed by atoms with Crippen LogP contribution in [0.3, 0.4) is 0 Å². The number of hydrogen-bond donors (Lipinski definition) is 3. The SMILES string of the molecule is CCC(CC)C(=O)Nc1ccc2[nH]c(=S)[nH]c2c1. The van der Waals surface area contributed by atoms with Crippen molar-refractivity contribution >= 4 is 34.8 Å². The quantitative estimate of drug-likeness (QED) is 0.738. The minimum absolute atomic E-state index is 0.0745. The van der Waals surface area contributed by atoms with Crippen molar-refractivity contribution in [2.45, 2.75) is 26.7 Å². The van der Waals surface area contributed by atoms with Gasteiger partial charge in [0.05, 0.1) is 11.0 Å². The van der Waals surface area contributed by atoms with Crippen LogP contribution < -0.4 is 5.32 Å². The van der Waals surface area contributed by atoms with E-state index in [2.05, 4.69) is 15.3 Å². The average molecular weight is 263 g/mol. The standard InChI is InChI=1S/C13H17N3OS/c1-3-8(4-2)12(17)14-9-5-6-10-11(7-9)16-13(18)15-10/h5-8H,3-4H2,1-2H3,(H,14,17)(H2,15,16,18). The summed E-state index contributed by atoms with van der Waals surface area (Å²) in [7, 11) is 0. The van der Waals surface area contributed by atoms with E-state index in [1.807, 2.05) is 32.0 Å². The summed E-state index contributed by atoms with van der Waals surface area (Å²) in [5.41, 5.74) is 2.65. The van der Waals surface area contributed by atoms with Crippen molar-refractivity contribution in [2.75, 3.05) is 5.32 Å². The maximum Gasteiger partial charge on any atom is 0.227 e. The summed E-state index contributed by atoms with van der Waals surface area (Å²) in [5, 5.41) is 2.94. The predicted octanol–water partition coefficient (Wildman–Crippen LogP) is 3.60. The van der Waals surface area contributed by atoms with Crippen LogP contribution in [-0.2, 0) is 4.79 Å². The van der Waals surface area contributed by atoms with Gasteiger partial charge in [0.1, 0.15) is 0 Å². The summed E-state index contributed by atoms with van der Waals surface area (Å²) in [6.07, 6.45) is 1.72. The molecule has 0 aliphatic rings. The first-order valence-electron chi connectivity index (χ1n) is 6.17. The Morgan fingerprint density at radius 1 is 1.28 bits per heavy atom. The molecule has 5 heteroatoms. The van der Waals surface area contributed by atoms with Gasteiger partial charge in [-0.1, -0.05) is 13.8 Å². The second kappa shape index (κ2) is 5.35. The molecule has 0 spiro atoms. The molecule has 96 valence electrons. The Bertz CT molecular complexity index is 610.